The Morgan fingerprint density at radius 2 is 0.464 bits per heavy atom. The molecule has 56 heavy (non-hydrogen) atoms. The first-order chi connectivity index (χ1) is 27.7. The Balaban J connectivity index is 1.04. The SMILES string of the molecule is c1ccc(-c2cccc(-c3nc(-c4cccc(-c5ccccc5)c4)nc(-c4cccc(-c5ccc6cc(-c7ccc8ccccc8c7)ccc6c5)c4)n3)c2)cc1. The second-order valence-electron chi connectivity index (χ2n) is 14.1. The van der Waals surface area contributed by atoms with E-state index < -0.39 is 0 Å². The average Bonchev–Trinajstić information content (AvgIpc) is 3.29. The number of benzene rings is 9. The highest BCUT2D eigenvalue weighted by molar-refractivity contribution is 5.93. The molecule has 0 aliphatic heterocycles. The highest BCUT2D eigenvalue weighted by Crippen LogP contribution is 2.34. The predicted octanol–water partition coefficient (Wildman–Crippen LogP) is 13.8. The Kier molecular flexibility index (Phi) is 8.51. The summed E-state index contributed by atoms with van der Waals surface area (Å²) < 4.78 is 0. The van der Waals surface area contributed by atoms with E-state index in [0.717, 1.165) is 50.1 Å². The minimum Gasteiger partial charge on any atom is -0.208 e. The smallest absolute Gasteiger partial charge is 0.164 e. The van der Waals surface area contributed by atoms with Crippen LogP contribution < -0.4 is 0 Å². The van der Waals surface area contributed by atoms with E-state index in [1.807, 2.05) is 12.1 Å². The third kappa shape index (κ3) is 6.63. The fourth-order valence-electron chi connectivity index (χ4n) is 7.51. The van der Waals surface area contributed by atoms with Crippen LogP contribution in [0.5, 0.6) is 0 Å². The molecule has 0 saturated heterocycles. The summed E-state index contributed by atoms with van der Waals surface area (Å²) in [6.45, 7) is 0. The largest absolute Gasteiger partial charge is 0.208 e. The van der Waals surface area contributed by atoms with E-state index in [9.17, 15) is 0 Å². The van der Waals surface area contributed by atoms with Gasteiger partial charge in [-0.1, -0.05) is 176 Å². The Morgan fingerprint density at radius 3 is 0.893 bits per heavy atom. The molecule has 0 aliphatic carbocycles. The number of aromatic nitrogens is 3. The summed E-state index contributed by atoms with van der Waals surface area (Å²) in [6, 6.07) is 74.9. The summed E-state index contributed by atoms with van der Waals surface area (Å²) in [4.78, 5) is 15.4. The van der Waals surface area contributed by atoms with E-state index in [1.165, 1.54) is 32.7 Å². The van der Waals surface area contributed by atoms with Crippen LogP contribution in [0.1, 0.15) is 0 Å². The summed E-state index contributed by atoms with van der Waals surface area (Å²) in [7, 11) is 0. The molecule has 0 amide bonds. The lowest BCUT2D eigenvalue weighted by Gasteiger charge is -2.12. The summed E-state index contributed by atoms with van der Waals surface area (Å²) in [5.74, 6) is 1.89. The van der Waals surface area contributed by atoms with Gasteiger partial charge in [-0.15, -0.1) is 0 Å². The molecule has 0 radical (unpaired) electrons. The van der Waals surface area contributed by atoms with Gasteiger partial charge in [0.2, 0.25) is 0 Å². The quantitative estimate of drug-likeness (QED) is 0.165. The molecule has 0 bridgehead atoms. The number of nitrogens with zero attached hydrogens (tertiary/aromatic N) is 3. The topological polar surface area (TPSA) is 38.7 Å². The molecule has 0 unspecified atom stereocenters. The fraction of sp³-hybridized carbons (Fsp3) is 0. The van der Waals surface area contributed by atoms with Crippen LogP contribution in [0.2, 0.25) is 0 Å². The van der Waals surface area contributed by atoms with Gasteiger partial charge < -0.3 is 0 Å². The lowest BCUT2D eigenvalue weighted by molar-refractivity contribution is 1.07. The standard InChI is InChI=1S/C53H35N3/c1-3-12-36(13-4-1)40-18-9-21-48(33-40)51-54-52(49-22-10-19-41(34-49)37-14-5-2-6-15-37)56-53(55-51)50-23-11-20-42(35-50)43-26-27-47-32-46(29-28-45(47)31-43)44-25-24-38-16-7-8-17-39(38)30-44/h1-35H. The van der Waals surface area contributed by atoms with Crippen molar-refractivity contribution in [1.82, 2.24) is 15.0 Å². The van der Waals surface area contributed by atoms with E-state index in [0.29, 0.717) is 17.5 Å². The molecule has 0 saturated carbocycles. The van der Waals surface area contributed by atoms with Gasteiger partial charge in [0.05, 0.1) is 0 Å². The van der Waals surface area contributed by atoms with Crippen LogP contribution in [0.3, 0.4) is 0 Å². The highest BCUT2D eigenvalue weighted by atomic mass is 15.0. The van der Waals surface area contributed by atoms with Crippen LogP contribution in [0, 0.1) is 0 Å². The first-order valence-corrected chi connectivity index (χ1v) is 18.9. The molecule has 262 valence electrons. The maximum absolute atomic E-state index is 5.13. The van der Waals surface area contributed by atoms with Gasteiger partial charge in [0.25, 0.3) is 0 Å². The van der Waals surface area contributed by atoms with Crippen molar-refractivity contribution in [3.05, 3.63) is 212 Å². The highest BCUT2D eigenvalue weighted by Gasteiger charge is 2.15. The van der Waals surface area contributed by atoms with E-state index >= 15 is 0 Å². The minimum atomic E-state index is 0.628. The second-order valence-corrected chi connectivity index (χ2v) is 14.1. The lowest BCUT2D eigenvalue weighted by atomic mass is 9.96. The van der Waals surface area contributed by atoms with E-state index in [2.05, 4.69) is 200 Å². The summed E-state index contributed by atoms with van der Waals surface area (Å²) in [5.41, 5.74) is 12.0. The average molecular weight is 714 g/mol. The minimum absolute atomic E-state index is 0.628. The van der Waals surface area contributed by atoms with Gasteiger partial charge in [0.15, 0.2) is 17.5 Å². The van der Waals surface area contributed by atoms with Crippen LogP contribution in [-0.2, 0) is 0 Å². The van der Waals surface area contributed by atoms with Crippen molar-refractivity contribution in [3.63, 3.8) is 0 Å². The molecule has 0 fully saturated rings. The molecule has 0 aliphatic rings. The number of rotatable bonds is 7. The first-order valence-electron chi connectivity index (χ1n) is 18.9. The molecule has 0 spiro atoms. The van der Waals surface area contributed by atoms with Crippen molar-refractivity contribution >= 4 is 21.5 Å². The summed E-state index contributed by atoms with van der Waals surface area (Å²) in [5, 5.41) is 4.90. The number of fused-ring (bicyclic) bond motifs is 2. The third-order valence-electron chi connectivity index (χ3n) is 10.5. The van der Waals surface area contributed by atoms with Crippen molar-refractivity contribution in [2.75, 3.05) is 0 Å². The molecule has 1 aromatic heterocycles. The van der Waals surface area contributed by atoms with Gasteiger partial charge in [0.1, 0.15) is 0 Å². The molecule has 3 heteroatoms. The van der Waals surface area contributed by atoms with E-state index in [1.54, 1.807) is 0 Å². The second kappa shape index (κ2) is 14.4. The first kappa shape index (κ1) is 33.1. The Labute approximate surface area is 326 Å². The molecular weight excluding hydrogens is 679 g/mol. The molecule has 10 aromatic rings. The van der Waals surface area contributed by atoms with Crippen LogP contribution in [0.15, 0.2) is 212 Å². The van der Waals surface area contributed by atoms with Gasteiger partial charge in [-0.25, -0.2) is 15.0 Å². The van der Waals surface area contributed by atoms with Gasteiger partial charge in [-0.3, -0.25) is 0 Å². The summed E-state index contributed by atoms with van der Waals surface area (Å²) in [6.07, 6.45) is 0. The Hall–Kier alpha value is -7.49. The molecule has 9 aromatic carbocycles. The molecular formula is C53H35N3. The number of hydrogen-bond donors (Lipinski definition) is 0. The van der Waals surface area contributed by atoms with Crippen molar-refractivity contribution in [3.8, 4) is 78.7 Å². The molecule has 1 heterocycles. The van der Waals surface area contributed by atoms with Crippen molar-refractivity contribution < 1.29 is 0 Å². The van der Waals surface area contributed by atoms with Gasteiger partial charge in [0, 0.05) is 16.7 Å². The zero-order valence-electron chi connectivity index (χ0n) is 30.5. The molecule has 0 N–H and O–H groups in total. The molecule has 3 nitrogen and oxygen atoms in total. The molecule has 10 rings (SSSR count). The third-order valence-corrected chi connectivity index (χ3v) is 10.5. The summed E-state index contributed by atoms with van der Waals surface area (Å²) >= 11 is 0. The predicted molar refractivity (Wildman–Crippen MR) is 233 cm³/mol. The van der Waals surface area contributed by atoms with Gasteiger partial charge in [-0.05, 0) is 102 Å². The maximum atomic E-state index is 5.13. The molecule has 0 atom stereocenters. The van der Waals surface area contributed by atoms with Crippen LogP contribution in [0.4, 0.5) is 0 Å². The van der Waals surface area contributed by atoms with Crippen LogP contribution >= 0.6 is 0 Å². The van der Waals surface area contributed by atoms with Crippen molar-refractivity contribution in [1.29, 1.82) is 0 Å². The van der Waals surface area contributed by atoms with Gasteiger partial charge in [-0.2, -0.15) is 0 Å². The Bertz CT molecular complexity index is 2920. The van der Waals surface area contributed by atoms with Crippen molar-refractivity contribution in [2.24, 2.45) is 0 Å². The zero-order valence-corrected chi connectivity index (χ0v) is 30.5. The monoisotopic (exact) mass is 713 g/mol. The normalized spacial score (nSPS) is 11.2. The van der Waals surface area contributed by atoms with E-state index in [4.69, 9.17) is 15.0 Å². The van der Waals surface area contributed by atoms with Crippen LogP contribution in [0.25, 0.3) is 100 Å². The Morgan fingerprint density at radius 1 is 0.179 bits per heavy atom. The van der Waals surface area contributed by atoms with Crippen LogP contribution in [-0.4, -0.2) is 15.0 Å². The maximum Gasteiger partial charge on any atom is 0.164 e. The fourth-order valence-corrected chi connectivity index (χ4v) is 7.51. The lowest BCUT2D eigenvalue weighted by Crippen LogP contribution is -2.00. The number of hydrogen-bond acceptors (Lipinski definition) is 3. The zero-order chi connectivity index (χ0) is 37.3. The van der Waals surface area contributed by atoms with E-state index in [-0.39, 0.29) is 0 Å². The van der Waals surface area contributed by atoms with Crippen molar-refractivity contribution in [2.45, 2.75) is 0 Å². The van der Waals surface area contributed by atoms with Gasteiger partial charge >= 0.3 is 0 Å².